The van der Waals surface area contributed by atoms with E-state index in [1.54, 1.807) is 0 Å². The molecule has 0 unspecified atom stereocenters. The van der Waals surface area contributed by atoms with E-state index < -0.39 is 12.0 Å². The fraction of sp³-hybridized carbons (Fsp3) is 0.417. The molecular formula is C12H15ClN4O3S. The molecule has 7 nitrogen and oxygen atoms in total. The predicted molar refractivity (Wildman–Crippen MR) is 76.0 cm³/mol. The van der Waals surface area contributed by atoms with E-state index in [-0.39, 0.29) is 29.4 Å². The highest BCUT2D eigenvalue weighted by Crippen LogP contribution is 2.39. The predicted octanol–water partition coefficient (Wildman–Crippen LogP) is -2.02. The van der Waals surface area contributed by atoms with Crippen molar-refractivity contribution in [3.05, 3.63) is 29.7 Å². The molecule has 1 aromatic heterocycles. The zero-order valence-corrected chi connectivity index (χ0v) is 12.9. The Morgan fingerprint density at radius 3 is 2.90 bits per heavy atom. The van der Waals surface area contributed by atoms with Gasteiger partial charge in [0.05, 0.1) is 17.9 Å². The summed E-state index contributed by atoms with van der Waals surface area (Å²) in [5.74, 6) is -1.14. The molecule has 3 rings (SSSR count). The van der Waals surface area contributed by atoms with Crippen molar-refractivity contribution in [2.75, 3.05) is 5.75 Å². The summed E-state index contributed by atoms with van der Waals surface area (Å²) in [6.45, 7) is 0.408. The van der Waals surface area contributed by atoms with Crippen molar-refractivity contribution in [2.45, 2.75) is 18.0 Å². The quantitative estimate of drug-likeness (QED) is 0.510. The van der Waals surface area contributed by atoms with E-state index in [9.17, 15) is 14.7 Å². The summed E-state index contributed by atoms with van der Waals surface area (Å²) in [6, 6.07) is 1.25. The van der Waals surface area contributed by atoms with Gasteiger partial charge in [-0.3, -0.25) is 9.69 Å². The second kappa shape index (κ2) is 5.70. The van der Waals surface area contributed by atoms with Crippen molar-refractivity contribution >= 4 is 36.0 Å². The lowest BCUT2D eigenvalue weighted by Gasteiger charge is -2.49. The molecule has 2 N–H and O–H groups in total. The maximum absolute atomic E-state index is 11.8. The summed E-state index contributed by atoms with van der Waals surface area (Å²) in [5.41, 5.74) is 6.33. The third-order valence-corrected chi connectivity index (χ3v) is 4.96. The van der Waals surface area contributed by atoms with Crippen LogP contribution in [0, 0.1) is 0 Å². The average molecular weight is 331 g/mol. The average Bonchev–Trinajstić information content (AvgIpc) is 2.82. The molecule has 1 amide bonds. The molecule has 2 atom stereocenters. The van der Waals surface area contributed by atoms with Gasteiger partial charge >= 0.3 is 0 Å². The van der Waals surface area contributed by atoms with Crippen molar-refractivity contribution in [1.29, 1.82) is 0 Å². The summed E-state index contributed by atoms with van der Waals surface area (Å²) in [5, 5.41) is 11.1. The molecule has 1 fully saturated rings. The zero-order chi connectivity index (χ0) is 14.4. The monoisotopic (exact) mass is 330 g/mol. The number of carbonyl (C=O) groups excluding carboxylic acids is 2. The van der Waals surface area contributed by atoms with E-state index in [4.69, 9.17) is 5.73 Å². The second-order valence-corrected chi connectivity index (χ2v) is 5.94. The molecule has 2 aliphatic heterocycles. The number of aliphatic carboxylic acids is 1. The fourth-order valence-electron chi connectivity index (χ4n) is 2.50. The lowest BCUT2D eigenvalue weighted by atomic mass is 10.0. The number of halogens is 1. The van der Waals surface area contributed by atoms with Gasteiger partial charge in [0.2, 0.25) is 5.91 Å². The van der Waals surface area contributed by atoms with E-state index >= 15 is 0 Å². The molecule has 0 saturated carbocycles. The molecule has 1 aromatic rings. The number of nitrogens with zero attached hydrogens (tertiary/aromatic N) is 3. The maximum Gasteiger partial charge on any atom is 0.248 e. The van der Waals surface area contributed by atoms with Crippen molar-refractivity contribution < 1.29 is 19.4 Å². The van der Waals surface area contributed by atoms with Crippen LogP contribution in [0.4, 0.5) is 0 Å². The molecule has 0 radical (unpaired) electrons. The molecule has 0 spiro atoms. The van der Waals surface area contributed by atoms with E-state index in [1.807, 2.05) is 34.9 Å². The number of nitrogens with two attached hydrogens (primary N) is 1. The minimum Gasteiger partial charge on any atom is -0.543 e. The summed E-state index contributed by atoms with van der Waals surface area (Å²) in [6.07, 6.45) is 3.71. The Balaban J connectivity index is 0.00000161. The van der Waals surface area contributed by atoms with E-state index in [1.165, 1.54) is 16.7 Å². The first-order valence-corrected chi connectivity index (χ1v) is 7.20. The lowest BCUT2D eigenvalue weighted by molar-refractivity contribution is -0.752. The molecule has 21 heavy (non-hydrogen) atoms. The minimum absolute atomic E-state index is 0. The van der Waals surface area contributed by atoms with Gasteiger partial charge in [-0.05, 0) is 5.57 Å². The van der Waals surface area contributed by atoms with Crippen LogP contribution in [-0.2, 0) is 23.2 Å². The van der Waals surface area contributed by atoms with Crippen LogP contribution in [0.25, 0.3) is 0 Å². The Labute approximate surface area is 131 Å². The number of thioether (sulfide) groups is 1. The molecule has 0 aliphatic carbocycles. The van der Waals surface area contributed by atoms with Crippen molar-refractivity contribution in [3.8, 4) is 0 Å². The van der Waals surface area contributed by atoms with Crippen LogP contribution in [0.5, 0.6) is 0 Å². The van der Waals surface area contributed by atoms with Gasteiger partial charge in [0.1, 0.15) is 18.0 Å². The summed E-state index contributed by atoms with van der Waals surface area (Å²) >= 11 is 1.49. The minimum atomic E-state index is -1.32. The molecule has 114 valence electrons. The highest BCUT2D eigenvalue weighted by Gasteiger charge is 2.50. The van der Waals surface area contributed by atoms with Crippen molar-refractivity contribution in [1.82, 2.24) is 9.58 Å². The van der Waals surface area contributed by atoms with Gasteiger partial charge in [0, 0.05) is 11.8 Å². The van der Waals surface area contributed by atoms with Gasteiger partial charge in [-0.2, -0.15) is 4.68 Å². The molecule has 1 saturated heterocycles. The largest absolute Gasteiger partial charge is 0.543 e. The third-order valence-electron chi connectivity index (χ3n) is 3.60. The van der Waals surface area contributed by atoms with Gasteiger partial charge in [-0.25, -0.2) is 0 Å². The van der Waals surface area contributed by atoms with Gasteiger partial charge in [-0.15, -0.1) is 28.9 Å². The lowest BCUT2D eigenvalue weighted by Crippen LogP contribution is -2.69. The number of carboxylic acid groups (broad SMARTS) is 1. The molecule has 9 heteroatoms. The number of hydrogen-bond donors (Lipinski definition) is 1. The molecular weight excluding hydrogens is 316 g/mol. The van der Waals surface area contributed by atoms with Gasteiger partial charge in [-0.1, -0.05) is 0 Å². The molecule has 0 aromatic carbocycles. The maximum atomic E-state index is 11.8. The Morgan fingerprint density at radius 1 is 1.62 bits per heavy atom. The van der Waals surface area contributed by atoms with Crippen LogP contribution in [0.15, 0.2) is 29.7 Å². The first-order chi connectivity index (χ1) is 9.50. The first-order valence-electron chi connectivity index (χ1n) is 6.15. The number of carbonyl (C=O) groups is 2. The Hall–Kier alpha value is -1.51. The Morgan fingerprint density at radius 2 is 2.33 bits per heavy atom. The first kappa shape index (κ1) is 15.9. The number of hydrogen-bond acceptors (Lipinski definition) is 5. The van der Waals surface area contributed by atoms with Crippen LogP contribution < -0.4 is 15.5 Å². The fourth-order valence-corrected chi connectivity index (χ4v) is 3.79. The molecule has 2 aliphatic rings. The molecule has 0 bridgehead atoms. The van der Waals surface area contributed by atoms with E-state index in [2.05, 4.69) is 0 Å². The van der Waals surface area contributed by atoms with Gasteiger partial charge in [0.25, 0.3) is 0 Å². The van der Waals surface area contributed by atoms with Crippen molar-refractivity contribution in [2.24, 2.45) is 12.8 Å². The normalized spacial score (nSPS) is 24.3. The number of carboxylic acids is 1. The molecule has 3 heterocycles. The SMILES string of the molecule is C[n+]1cccn1CC1=C(C(=O)[O-])N2C(=O)[C@@H](N)[C@H]2SC1.Cl. The van der Waals surface area contributed by atoms with Crippen LogP contribution in [0.2, 0.25) is 0 Å². The standard InChI is InChI=1S/C12H14N4O3S.ClH/c1-14-3-2-4-15(14)5-7-6-20-11-8(13)10(17)16(11)9(7)12(18)19;/h2-4,8,11H,5-6,13H2,1H3;1H/t8-,11-;/m1./s1. The third kappa shape index (κ3) is 2.43. The van der Waals surface area contributed by atoms with Crippen LogP contribution in [0.1, 0.15) is 0 Å². The van der Waals surface area contributed by atoms with Crippen LogP contribution >= 0.6 is 24.2 Å². The Kier molecular flexibility index (Phi) is 4.31. The van der Waals surface area contributed by atoms with E-state index in [0.717, 1.165) is 0 Å². The number of aryl methyl sites for hydroxylation is 1. The number of fused-ring (bicyclic) bond motifs is 1. The topological polar surface area (TPSA) is 95.3 Å². The highest BCUT2D eigenvalue weighted by molar-refractivity contribution is 8.00. The summed E-state index contributed by atoms with van der Waals surface area (Å²) in [7, 11) is 1.86. The van der Waals surface area contributed by atoms with Crippen LogP contribution in [0.3, 0.4) is 0 Å². The van der Waals surface area contributed by atoms with Gasteiger partial charge in [0.15, 0.2) is 13.2 Å². The second-order valence-electron chi connectivity index (χ2n) is 4.84. The number of rotatable bonds is 3. The number of aromatic nitrogens is 2. The highest BCUT2D eigenvalue weighted by atomic mass is 35.5. The van der Waals surface area contributed by atoms with E-state index in [0.29, 0.717) is 17.9 Å². The number of amides is 1. The smallest absolute Gasteiger partial charge is 0.248 e. The zero-order valence-electron chi connectivity index (χ0n) is 11.3. The Bertz CT molecular complexity index is 630. The number of β-lactam (4-membered cyclic amide) rings is 1. The van der Waals surface area contributed by atoms with Crippen molar-refractivity contribution in [3.63, 3.8) is 0 Å². The summed E-state index contributed by atoms with van der Waals surface area (Å²) < 4.78 is 3.71. The van der Waals surface area contributed by atoms with Gasteiger partial charge < -0.3 is 15.6 Å². The summed E-state index contributed by atoms with van der Waals surface area (Å²) in [4.78, 5) is 24.4. The van der Waals surface area contributed by atoms with Crippen LogP contribution in [-0.4, -0.2) is 38.6 Å².